The summed E-state index contributed by atoms with van der Waals surface area (Å²) in [5, 5.41) is 12.0. The molecular weight excluding hydrogens is 256 g/mol. The van der Waals surface area contributed by atoms with Crippen LogP contribution in [0.25, 0.3) is 0 Å². The molecule has 1 rings (SSSR count). The molecule has 1 atom stereocenters. The number of hydrogen-bond donors (Lipinski definition) is 2. The largest absolute Gasteiger partial charge is 0.480 e. The van der Waals surface area contributed by atoms with Crippen molar-refractivity contribution in [3.63, 3.8) is 0 Å². The highest BCUT2D eigenvalue weighted by atomic mass is 16.4. The minimum Gasteiger partial charge on any atom is -0.480 e. The van der Waals surface area contributed by atoms with Crippen LogP contribution in [0.2, 0.25) is 0 Å². The Morgan fingerprint density at radius 2 is 1.85 bits per heavy atom. The number of hydrogen-bond acceptors (Lipinski definition) is 2. The maximum Gasteiger partial charge on any atom is 0.326 e. The fraction of sp³-hybridized carbons (Fsp3) is 0.867. The minimum absolute atomic E-state index is 0.0729. The lowest BCUT2D eigenvalue weighted by Crippen LogP contribution is -2.50. The van der Waals surface area contributed by atoms with E-state index in [0.29, 0.717) is 12.5 Å². The molecule has 1 fully saturated rings. The molecule has 1 aliphatic rings. The van der Waals surface area contributed by atoms with Gasteiger partial charge in [0.25, 0.3) is 0 Å². The Bertz CT molecular complexity index is 325. The van der Waals surface area contributed by atoms with Crippen LogP contribution in [-0.2, 0) is 4.79 Å². The number of nitrogens with one attached hydrogen (secondary N) is 1. The molecule has 5 nitrogen and oxygen atoms in total. The lowest BCUT2D eigenvalue weighted by molar-refractivity contribution is -0.141. The van der Waals surface area contributed by atoms with Crippen LogP contribution in [-0.4, -0.2) is 41.6 Å². The van der Waals surface area contributed by atoms with Crippen LogP contribution in [0.5, 0.6) is 0 Å². The molecule has 0 saturated heterocycles. The predicted molar refractivity (Wildman–Crippen MR) is 78.6 cm³/mol. The summed E-state index contributed by atoms with van der Waals surface area (Å²) >= 11 is 0. The molecule has 116 valence electrons. The fourth-order valence-electron chi connectivity index (χ4n) is 2.65. The van der Waals surface area contributed by atoms with Crippen LogP contribution in [0.4, 0.5) is 4.79 Å². The maximum atomic E-state index is 12.1. The van der Waals surface area contributed by atoms with E-state index in [9.17, 15) is 14.7 Å². The molecule has 20 heavy (non-hydrogen) atoms. The number of rotatable bonds is 6. The number of nitrogens with zero attached hydrogens (tertiary/aromatic N) is 1. The predicted octanol–water partition coefficient (Wildman–Crippen LogP) is 2.71. The summed E-state index contributed by atoms with van der Waals surface area (Å²) in [7, 11) is 1.72. The molecule has 1 unspecified atom stereocenters. The average molecular weight is 284 g/mol. The highest BCUT2D eigenvalue weighted by molar-refractivity contribution is 5.82. The minimum atomic E-state index is -0.914. The highest BCUT2D eigenvalue weighted by Gasteiger charge is 2.31. The molecule has 0 radical (unpaired) electrons. The molecule has 2 amide bonds. The first kappa shape index (κ1) is 16.8. The van der Waals surface area contributed by atoms with E-state index in [1.54, 1.807) is 11.9 Å². The van der Waals surface area contributed by atoms with Gasteiger partial charge in [-0.1, -0.05) is 33.1 Å². The van der Waals surface area contributed by atoms with Gasteiger partial charge >= 0.3 is 12.0 Å². The molecule has 0 aromatic rings. The summed E-state index contributed by atoms with van der Waals surface area (Å²) in [6.07, 6.45) is 6.01. The molecule has 0 bridgehead atoms. The Hall–Kier alpha value is -1.26. The summed E-state index contributed by atoms with van der Waals surface area (Å²) < 4.78 is 0. The van der Waals surface area contributed by atoms with Gasteiger partial charge < -0.3 is 15.3 Å². The van der Waals surface area contributed by atoms with Gasteiger partial charge in [-0.3, -0.25) is 0 Å². The van der Waals surface area contributed by atoms with E-state index in [2.05, 4.69) is 19.2 Å². The van der Waals surface area contributed by atoms with Gasteiger partial charge in [-0.15, -0.1) is 0 Å². The standard InChI is InChI=1S/C15H28N2O3/c1-11(2)9-10-17(3)15(20)16-13(14(18)19)12-7-5-4-6-8-12/h11-13H,4-10H2,1-3H3,(H,16,20)(H,18,19). The quantitative estimate of drug-likeness (QED) is 0.788. The molecule has 0 aromatic carbocycles. The first-order chi connectivity index (χ1) is 9.41. The van der Waals surface area contributed by atoms with Crippen molar-refractivity contribution in [3.05, 3.63) is 0 Å². The van der Waals surface area contributed by atoms with Crippen LogP contribution in [0.3, 0.4) is 0 Å². The topological polar surface area (TPSA) is 69.6 Å². The second-order valence-corrected chi connectivity index (χ2v) is 6.27. The first-order valence-corrected chi connectivity index (χ1v) is 7.66. The number of carbonyl (C=O) groups excluding carboxylic acids is 1. The molecule has 0 aromatic heterocycles. The van der Waals surface area contributed by atoms with Crippen molar-refractivity contribution >= 4 is 12.0 Å². The maximum absolute atomic E-state index is 12.1. The summed E-state index contributed by atoms with van der Waals surface area (Å²) in [6.45, 7) is 4.86. The van der Waals surface area contributed by atoms with Crippen LogP contribution < -0.4 is 5.32 Å². The third-order valence-corrected chi connectivity index (χ3v) is 4.05. The molecule has 2 N–H and O–H groups in total. The zero-order chi connectivity index (χ0) is 15.1. The fourth-order valence-corrected chi connectivity index (χ4v) is 2.65. The van der Waals surface area contributed by atoms with Crippen molar-refractivity contribution in [3.8, 4) is 0 Å². The van der Waals surface area contributed by atoms with Crippen LogP contribution in [0.1, 0.15) is 52.4 Å². The van der Waals surface area contributed by atoms with Crippen molar-refractivity contribution in [2.75, 3.05) is 13.6 Å². The van der Waals surface area contributed by atoms with Crippen molar-refractivity contribution < 1.29 is 14.7 Å². The number of carbonyl (C=O) groups is 2. The summed E-state index contributed by atoms with van der Waals surface area (Å²) in [6, 6.07) is -1.02. The molecule has 1 saturated carbocycles. The monoisotopic (exact) mass is 284 g/mol. The second-order valence-electron chi connectivity index (χ2n) is 6.27. The lowest BCUT2D eigenvalue weighted by atomic mass is 9.84. The van der Waals surface area contributed by atoms with E-state index in [0.717, 1.165) is 32.1 Å². The van der Waals surface area contributed by atoms with Gasteiger partial charge in [-0.2, -0.15) is 0 Å². The average Bonchev–Trinajstić information content (AvgIpc) is 2.42. The Balaban J connectivity index is 2.51. The summed E-state index contributed by atoms with van der Waals surface area (Å²) in [5.41, 5.74) is 0. The van der Waals surface area contributed by atoms with Crippen LogP contribution >= 0.6 is 0 Å². The van der Waals surface area contributed by atoms with Gasteiger partial charge in [-0.05, 0) is 31.1 Å². The van der Waals surface area contributed by atoms with Crippen molar-refractivity contribution in [1.29, 1.82) is 0 Å². The number of amides is 2. The van der Waals surface area contributed by atoms with Gasteiger partial charge in [0, 0.05) is 13.6 Å². The molecule has 0 aliphatic heterocycles. The van der Waals surface area contributed by atoms with E-state index in [1.165, 1.54) is 6.42 Å². The van der Waals surface area contributed by atoms with E-state index in [-0.39, 0.29) is 11.9 Å². The smallest absolute Gasteiger partial charge is 0.326 e. The van der Waals surface area contributed by atoms with Crippen molar-refractivity contribution in [1.82, 2.24) is 10.2 Å². The Labute approximate surface area is 121 Å². The van der Waals surface area contributed by atoms with Gasteiger partial charge in [0.15, 0.2) is 0 Å². The third-order valence-electron chi connectivity index (χ3n) is 4.05. The summed E-state index contributed by atoms with van der Waals surface area (Å²) in [4.78, 5) is 25.0. The molecule has 0 heterocycles. The third kappa shape index (κ3) is 5.39. The number of aliphatic carboxylic acids is 1. The van der Waals surface area contributed by atoms with Gasteiger partial charge in [0.1, 0.15) is 6.04 Å². The van der Waals surface area contributed by atoms with Crippen LogP contribution in [0, 0.1) is 11.8 Å². The van der Waals surface area contributed by atoms with Gasteiger partial charge in [0.2, 0.25) is 0 Å². The van der Waals surface area contributed by atoms with Gasteiger partial charge in [0.05, 0.1) is 0 Å². The SMILES string of the molecule is CC(C)CCN(C)C(=O)NC(C(=O)O)C1CCCCC1. The van der Waals surface area contributed by atoms with Gasteiger partial charge in [-0.25, -0.2) is 9.59 Å². The van der Waals surface area contributed by atoms with Crippen LogP contribution in [0.15, 0.2) is 0 Å². The van der Waals surface area contributed by atoms with E-state index >= 15 is 0 Å². The van der Waals surface area contributed by atoms with E-state index in [4.69, 9.17) is 0 Å². The molecule has 1 aliphatic carbocycles. The highest BCUT2D eigenvalue weighted by Crippen LogP contribution is 2.26. The Morgan fingerprint density at radius 1 is 1.25 bits per heavy atom. The van der Waals surface area contributed by atoms with E-state index < -0.39 is 12.0 Å². The number of urea groups is 1. The molecule has 5 heteroatoms. The number of carboxylic acid groups (broad SMARTS) is 1. The van der Waals surface area contributed by atoms with E-state index in [1.807, 2.05) is 0 Å². The zero-order valence-corrected chi connectivity index (χ0v) is 12.9. The Kier molecular flexibility index (Phi) is 6.82. The summed E-state index contributed by atoms with van der Waals surface area (Å²) in [5.74, 6) is -0.315. The number of carboxylic acids is 1. The lowest BCUT2D eigenvalue weighted by Gasteiger charge is -2.29. The Morgan fingerprint density at radius 3 is 2.35 bits per heavy atom. The second kappa shape index (κ2) is 8.12. The first-order valence-electron chi connectivity index (χ1n) is 7.66. The van der Waals surface area contributed by atoms with Crippen molar-refractivity contribution in [2.24, 2.45) is 11.8 Å². The zero-order valence-electron chi connectivity index (χ0n) is 12.9. The molecular formula is C15H28N2O3. The normalized spacial score (nSPS) is 17.8. The van der Waals surface area contributed by atoms with Crippen molar-refractivity contribution in [2.45, 2.75) is 58.4 Å². The molecule has 0 spiro atoms.